The van der Waals surface area contributed by atoms with Gasteiger partial charge < -0.3 is 0 Å². The van der Waals surface area contributed by atoms with Crippen molar-refractivity contribution >= 4 is 35.9 Å². The smallest absolute Gasteiger partial charge is 0.171 e. The molecule has 0 aliphatic heterocycles. The van der Waals surface area contributed by atoms with Crippen LogP contribution < -0.4 is 0 Å². The van der Waals surface area contributed by atoms with Gasteiger partial charge in [0.1, 0.15) is 0 Å². The van der Waals surface area contributed by atoms with E-state index in [4.69, 9.17) is 0 Å². The van der Waals surface area contributed by atoms with Gasteiger partial charge in [-0.05, 0) is 12.0 Å². The summed E-state index contributed by atoms with van der Waals surface area (Å²) < 4.78 is 36.3. The maximum atomic E-state index is 12.1. The molecule has 0 heterocycles. The molecule has 0 aromatic rings. The highest BCUT2D eigenvalue weighted by Crippen LogP contribution is 2.39. The first-order chi connectivity index (χ1) is 11.0. The first-order valence-corrected chi connectivity index (χ1v) is 21.2. The molecule has 0 fully saturated rings. The average Bonchev–Trinajstić information content (AvgIpc) is 2.41. The number of hydrogen-bond acceptors (Lipinski definition) is 0. The van der Waals surface area contributed by atoms with E-state index in [-0.39, 0.29) is 9.52 Å². The third-order valence-electron chi connectivity index (χ3n) is 5.25. The number of halogens is 3. The van der Waals surface area contributed by atoms with E-state index in [9.17, 15) is 13.2 Å². The van der Waals surface area contributed by atoms with Crippen molar-refractivity contribution in [3.63, 3.8) is 0 Å². The molecular formula is C17H41F3Si4. The lowest BCUT2D eigenvalue weighted by molar-refractivity contribution is -0.134. The molecule has 0 saturated heterocycles. The SMILES string of the molecule is C[SiH](C)CC(C(CCCC[SiH2]CCCC(F)(F)F)[SiH](C)C)[SiH](C)C. The summed E-state index contributed by atoms with van der Waals surface area (Å²) in [5.41, 5.74) is 2.09. The summed E-state index contributed by atoms with van der Waals surface area (Å²) in [4.78, 5) is 0. The average molecular weight is 415 g/mol. The van der Waals surface area contributed by atoms with Crippen LogP contribution in [0.1, 0.15) is 32.1 Å². The van der Waals surface area contributed by atoms with Gasteiger partial charge in [0.2, 0.25) is 0 Å². The van der Waals surface area contributed by atoms with E-state index in [2.05, 4.69) is 39.3 Å². The maximum Gasteiger partial charge on any atom is 0.389 e. The Hall–Kier alpha value is 0.658. The summed E-state index contributed by atoms with van der Waals surface area (Å²) >= 11 is 0. The number of rotatable bonds is 13. The summed E-state index contributed by atoms with van der Waals surface area (Å²) in [6.07, 6.45) is -0.115. The van der Waals surface area contributed by atoms with Gasteiger partial charge in [-0.3, -0.25) is 0 Å². The van der Waals surface area contributed by atoms with Crippen LogP contribution in [0.25, 0.3) is 0 Å². The van der Waals surface area contributed by atoms with Crippen LogP contribution in [0, 0.1) is 0 Å². The topological polar surface area (TPSA) is 0 Å². The Morgan fingerprint density at radius 2 is 1.33 bits per heavy atom. The normalized spacial score (nSPS) is 16.0. The van der Waals surface area contributed by atoms with Gasteiger partial charge in [0.05, 0.1) is 0 Å². The van der Waals surface area contributed by atoms with Crippen molar-refractivity contribution in [1.82, 2.24) is 0 Å². The molecule has 146 valence electrons. The van der Waals surface area contributed by atoms with E-state index >= 15 is 0 Å². The molecule has 24 heavy (non-hydrogen) atoms. The van der Waals surface area contributed by atoms with Gasteiger partial charge in [-0.1, -0.05) is 82.2 Å². The Labute approximate surface area is 156 Å². The minimum absolute atomic E-state index is 0.248. The molecule has 0 nitrogen and oxygen atoms in total. The quantitative estimate of drug-likeness (QED) is 0.268. The van der Waals surface area contributed by atoms with Gasteiger partial charge >= 0.3 is 6.18 Å². The standard InChI is InChI=1S/C17H41F3Si4/c1-22(2)14-16(24(5)6)15(23(3)4)10-7-8-12-21-13-9-11-17(18,19)20/h15-16,22-24H,7-14,21H2,1-6H3. The highest BCUT2D eigenvalue weighted by Gasteiger charge is 2.28. The molecule has 0 saturated carbocycles. The Balaban J connectivity index is 4.05. The fourth-order valence-electron chi connectivity index (χ4n) is 3.94. The number of unbranched alkanes of at least 4 members (excludes halogenated alkanes) is 1. The first kappa shape index (κ1) is 24.7. The number of alkyl halides is 3. The van der Waals surface area contributed by atoms with Crippen molar-refractivity contribution in [2.75, 3.05) is 0 Å². The minimum atomic E-state index is -3.95. The third kappa shape index (κ3) is 12.9. The first-order valence-electron chi connectivity index (χ1n) is 10.1. The molecule has 0 spiro atoms. The van der Waals surface area contributed by atoms with Crippen LogP contribution in [0.15, 0.2) is 0 Å². The van der Waals surface area contributed by atoms with Gasteiger partial charge in [-0.25, -0.2) is 0 Å². The zero-order valence-corrected chi connectivity index (χ0v) is 21.8. The van der Waals surface area contributed by atoms with Gasteiger partial charge in [-0.2, -0.15) is 13.2 Å². The summed E-state index contributed by atoms with van der Waals surface area (Å²) in [7, 11) is -1.91. The fraction of sp³-hybridized carbons (Fsp3) is 1.00. The van der Waals surface area contributed by atoms with Gasteiger partial charge in [0.15, 0.2) is 0 Å². The van der Waals surface area contributed by atoms with E-state index in [1.807, 2.05) is 0 Å². The summed E-state index contributed by atoms with van der Waals surface area (Å²) in [6, 6.07) is 3.68. The summed E-state index contributed by atoms with van der Waals surface area (Å²) in [6.45, 7) is 15.1. The second kappa shape index (κ2) is 12.9. The molecule has 0 bridgehead atoms. The van der Waals surface area contributed by atoms with Crippen molar-refractivity contribution < 1.29 is 13.2 Å². The van der Waals surface area contributed by atoms with E-state index < -0.39 is 39.0 Å². The lowest BCUT2D eigenvalue weighted by Crippen LogP contribution is -2.28. The fourth-order valence-corrected chi connectivity index (χ4v) is 17.1. The minimum Gasteiger partial charge on any atom is -0.171 e. The van der Waals surface area contributed by atoms with Crippen LogP contribution in [0.3, 0.4) is 0 Å². The Morgan fingerprint density at radius 3 is 1.79 bits per heavy atom. The van der Waals surface area contributed by atoms with E-state index in [1.54, 1.807) is 6.04 Å². The molecule has 7 heteroatoms. The Morgan fingerprint density at radius 1 is 0.792 bits per heavy atom. The molecule has 0 aromatic heterocycles. The van der Waals surface area contributed by atoms with Crippen LogP contribution in [-0.2, 0) is 0 Å². The highest BCUT2D eigenvalue weighted by atomic mass is 28.3. The molecule has 0 aliphatic rings. The van der Waals surface area contributed by atoms with Gasteiger partial charge in [0, 0.05) is 42.3 Å². The molecule has 2 unspecified atom stereocenters. The lowest BCUT2D eigenvalue weighted by Gasteiger charge is -2.33. The second-order valence-corrected chi connectivity index (χ2v) is 20.8. The molecule has 0 amide bonds. The number of hydrogen-bond donors (Lipinski definition) is 0. The van der Waals surface area contributed by atoms with Crippen LogP contribution >= 0.6 is 0 Å². The Kier molecular flexibility index (Phi) is 13.3. The van der Waals surface area contributed by atoms with E-state index in [0.717, 1.165) is 17.1 Å². The molecule has 0 N–H and O–H groups in total. The van der Waals surface area contributed by atoms with Crippen LogP contribution in [0.5, 0.6) is 0 Å². The van der Waals surface area contributed by atoms with Crippen molar-refractivity contribution in [1.29, 1.82) is 0 Å². The van der Waals surface area contributed by atoms with E-state index in [0.29, 0.717) is 6.42 Å². The van der Waals surface area contributed by atoms with Crippen LogP contribution in [0.4, 0.5) is 13.2 Å². The zero-order chi connectivity index (χ0) is 18.8. The largest absolute Gasteiger partial charge is 0.389 e. The molecule has 0 aromatic carbocycles. The maximum absolute atomic E-state index is 12.1. The summed E-state index contributed by atoms with van der Waals surface area (Å²) in [5, 5.41) is 0. The van der Waals surface area contributed by atoms with Crippen LogP contribution in [-0.4, -0.2) is 42.1 Å². The van der Waals surface area contributed by atoms with Gasteiger partial charge in [-0.15, -0.1) is 0 Å². The Bertz CT molecular complexity index is 307. The van der Waals surface area contributed by atoms with Crippen molar-refractivity contribution in [2.24, 2.45) is 0 Å². The van der Waals surface area contributed by atoms with Gasteiger partial charge in [0.25, 0.3) is 0 Å². The molecule has 0 aliphatic carbocycles. The third-order valence-corrected chi connectivity index (χ3v) is 14.7. The summed E-state index contributed by atoms with van der Waals surface area (Å²) in [5.74, 6) is 0. The molecular weight excluding hydrogens is 374 g/mol. The second-order valence-electron chi connectivity index (χ2n) is 8.72. The predicted molar refractivity (Wildman–Crippen MR) is 116 cm³/mol. The zero-order valence-electron chi connectivity index (χ0n) is 16.9. The lowest BCUT2D eigenvalue weighted by atomic mass is 10.1. The monoisotopic (exact) mass is 414 g/mol. The molecule has 2 atom stereocenters. The van der Waals surface area contributed by atoms with Crippen molar-refractivity contribution in [3.05, 3.63) is 0 Å². The predicted octanol–water partition coefficient (Wildman–Crippen LogP) is 5.71. The van der Waals surface area contributed by atoms with Crippen molar-refractivity contribution in [2.45, 2.75) is 107 Å². The molecule has 0 radical (unpaired) electrons. The van der Waals surface area contributed by atoms with Crippen molar-refractivity contribution in [3.8, 4) is 0 Å². The highest BCUT2D eigenvalue weighted by molar-refractivity contribution is 6.67. The van der Waals surface area contributed by atoms with Crippen LogP contribution in [0.2, 0.25) is 68.5 Å². The molecule has 0 rings (SSSR count). The van der Waals surface area contributed by atoms with E-state index in [1.165, 1.54) is 25.3 Å².